The fourth-order valence-electron chi connectivity index (χ4n) is 1.89. The van der Waals surface area contributed by atoms with Gasteiger partial charge in [-0.15, -0.1) is 0 Å². The highest BCUT2D eigenvalue weighted by atomic mass is 16.4. The monoisotopic (exact) mass is 242 g/mol. The first-order chi connectivity index (χ1) is 7.78. The maximum Gasteiger partial charge on any atom is 0.303 e. The van der Waals surface area contributed by atoms with Crippen LogP contribution in [0.4, 0.5) is 0 Å². The molecule has 6 heteroatoms. The van der Waals surface area contributed by atoms with Gasteiger partial charge in [-0.3, -0.25) is 14.4 Å². The lowest BCUT2D eigenvalue weighted by Crippen LogP contribution is -2.38. The third-order valence-electron chi connectivity index (χ3n) is 2.61. The van der Waals surface area contributed by atoms with Crippen LogP contribution in [-0.2, 0) is 14.4 Å². The topological polar surface area (TPSA) is 95.5 Å². The number of nitrogens with one attached hydrogen (secondary N) is 2. The lowest BCUT2D eigenvalue weighted by Gasteiger charge is -2.22. The Kier molecular flexibility index (Phi) is 4.09. The van der Waals surface area contributed by atoms with Crippen LogP contribution in [0, 0.1) is 5.41 Å². The van der Waals surface area contributed by atoms with Gasteiger partial charge >= 0.3 is 5.97 Å². The number of aliphatic carboxylic acids is 1. The van der Waals surface area contributed by atoms with Crippen LogP contribution < -0.4 is 10.6 Å². The average Bonchev–Trinajstić information content (AvgIpc) is 2.46. The van der Waals surface area contributed by atoms with E-state index < -0.39 is 11.4 Å². The van der Waals surface area contributed by atoms with Gasteiger partial charge in [0.1, 0.15) is 0 Å². The van der Waals surface area contributed by atoms with Crippen LogP contribution in [0.25, 0.3) is 0 Å². The number of carbonyl (C=O) groups is 3. The molecule has 3 N–H and O–H groups in total. The van der Waals surface area contributed by atoms with E-state index in [2.05, 4.69) is 10.6 Å². The van der Waals surface area contributed by atoms with Crippen molar-refractivity contribution in [1.82, 2.24) is 10.6 Å². The number of carboxylic acid groups (broad SMARTS) is 1. The summed E-state index contributed by atoms with van der Waals surface area (Å²) in [7, 11) is 0. The number of hydrogen-bond donors (Lipinski definition) is 3. The third-order valence-corrected chi connectivity index (χ3v) is 2.61. The van der Waals surface area contributed by atoms with Gasteiger partial charge in [-0.05, 0) is 5.41 Å². The van der Waals surface area contributed by atoms with Gasteiger partial charge in [-0.2, -0.15) is 0 Å². The molecular weight excluding hydrogens is 224 g/mol. The van der Waals surface area contributed by atoms with E-state index in [0.717, 1.165) is 0 Å². The molecule has 1 aliphatic rings. The first-order valence-corrected chi connectivity index (χ1v) is 5.56. The molecule has 1 heterocycles. The highest BCUT2D eigenvalue weighted by molar-refractivity contribution is 5.82. The zero-order valence-corrected chi connectivity index (χ0v) is 10.1. The zero-order valence-electron chi connectivity index (χ0n) is 10.1. The van der Waals surface area contributed by atoms with Gasteiger partial charge in [-0.25, -0.2) is 0 Å². The van der Waals surface area contributed by atoms with E-state index in [-0.39, 0.29) is 30.7 Å². The Morgan fingerprint density at radius 1 is 1.47 bits per heavy atom. The van der Waals surface area contributed by atoms with E-state index in [0.29, 0.717) is 13.0 Å². The summed E-state index contributed by atoms with van der Waals surface area (Å²) >= 11 is 0. The molecule has 1 unspecified atom stereocenters. The normalized spacial score (nSPS) is 19.9. The van der Waals surface area contributed by atoms with Crippen molar-refractivity contribution < 1.29 is 19.5 Å². The van der Waals surface area contributed by atoms with Crippen molar-refractivity contribution in [2.24, 2.45) is 5.41 Å². The molecule has 96 valence electrons. The third kappa shape index (κ3) is 4.84. The molecule has 0 aromatic rings. The molecule has 0 radical (unpaired) electrons. The first kappa shape index (κ1) is 13.5. The largest absolute Gasteiger partial charge is 0.481 e. The molecule has 1 aliphatic heterocycles. The number of amides is 2. The molecular formula is C11H18N2O4. The number of carboxylic acids is 1. The molecule has 0 spiro atoms. The van der Waals surface area contributed by atoms with Crippen LogP contribution in [0.5, 0.6) is 0 Å². The summed E-state index contributed by atoms with van der Waals surface area (Å²) in [6.45, 7) is 3.92. The highest BCUT2D eigenvalue weighted by Gasteiger charge is 2.28. The standard InChI is InChI=1S/C11H18N2O4/c1-11(2,5-10(16)17)4-9(15)13-7-3-8(14)12-6-7/h7H,3-6H2,1-2H3,(H,12,14)(H,13,15)(H,16,17). The summed E-state index contributed by atoms with van der Waals surface area (Å²) in [5.74, 6) is -1.20. The van der Waals surface area contributed by atoms with Crippen molar-refractivity contribution >= 4 is 17.8 Å². The molecule has 0 bridgehead atoms. The summed E-state index contributed by atoms with van der Waals surface area (Å²) in [6, 6.07) is -0.171. The smallest absolute Gasteiger partial charge is 0.303 e. The summed E-state index contributed by atoms with van der Waals surface area (Å²) in [5.41, 5.74) is -0.577. The van der Waals surface area contributed by atoms with Crippen LogP contribution >= 0.6 is 0 Å². The fraction of sp³-hybridized carbons (Fsp3) is 0.727. The van der Waals surface area contributed by atoms with Gasteiger partial charge < -0.3 is 15.7 Å². The van der Waals surface area contributed by atoms with E-state index >= 15 is 0 Å². The predicted molar refractivity (Wildman–Crippen MR) is 60.2 cm³/mol. The molecule has 1 rings (SSSR count). The van der Waals surface area contributed by atoms with Crippen molar-refractivity contribution in [2.45, 2.75) is 39.2 Å². The van der Waals surface area contributed by atoms with Crippen LogP contribution in [0.15, 0.2) is 0 Å². The summed E-state index contributed by atoms with van der Waals surface area (Å²) in [4.78, 5) is 33.2. The van der Waals surface area contributed by atoms with Gasteiger partial charge in [0.15, 0.2) is 0 Å². The van der Waals surface area contributed by atoms with Gasteiger partial charge in [0.05, 0.1) is 12.5 Å². The van der Waals surface area contributed by atoms with Crippen molar-refractivity contribution in [3.8, 4) is 0 Å². The van der Waals surface area contributed by atoms with Crippen molar-refractivity contribution in [3.05, 3.63) is 0 Å². The summed E-state index contributed by atoms with van der Waals surface area (Å²) in [5, 5.41) is 14.0. The Labute approximate surface area is 99.8 Å². The van der Waals surface area contributed by atoms with Crippen LogP contribution in [-0.4, -0.2) is 35.5 Å². The molecule has 0 aromatic heterocycles. The minimum Gasteiger partial charge on any atom is -0.481 e. The van der Waals surface area contributed by atoms with Crippen molar-refractivity contribution in [1.29, 1.82) is 0 Å². The second-order valence-corrected chi connectivity index (χ2v) is 5.18. The molecule has 0 saturated carbocycles. The summed E-state index contributed by atoms with van der Waals surface area (Å²) in [6.07, 6.45) is 0.386. The van der Waals surface area contributed by atoms with E-state index in [1.807, 2.05) is 0 Å². The second-order valence-electron chi connectivity index (χ2n) is 5.18. The lowest BCUT2D eigenvalue weighted by molar-refractivity contribution is -0.139. The van der Waals surface area contributed by atoms with E-state index in [4.69, 9.17) is 5.11 Å². The Balaban J connectivity index is 2.38. The molecule has 17 heavy (non-hydrogen) atoms. The number of carbonyl (C=O) groups excluding carboxylic acids is 2. The van der Waals surface area contributed by atoms with Gasteiger partial charge in [0.25, 0.3) is 0 Å². The van der Waals surface area contributed by atoms with Crippen LogP contribution in [0.3, 0.4) is 0 Å². The summed E-state index contributed by atoms with van der Waals surface area (Å²) < 4.78 is 0. The Bertz CT molecular complexity index is 338. The number of hydrogen-bond acceptors (Lipinski definition) is 3. The molecule has 0 aliphatic carbocycles. The van der Waals surface area contributed by atoms with Gasteiger partial charge in [0.2, 0.25) is 11.8 Å². The van der Waals surface area contributed by atoms with Crippen LogP contribution in [0.1, 0.15) is 33.1 Å². The quantitative estimate of drug-likeness (QED) is 0.626. The average molecular weight is 242 g/mol. The fourth-order valence-corrected chi connectivity index (χ4v) is 1.89. The SMILES string of the molecule is CC(C)(CC(=O)O)CC(=O)NC1CNC(=O)C1. The predicted octanol–water partition coefficient (Wildman–Crippen LogP) is -0.118. The minimum absolute atomic E-state index is 0.0533. The molecule has 6 nitrogen and oxygen atoms in total. The van der Waals surface area contributed by atoms with Crippen LogP contribution in [0.2, 0.25) is 0 Å². The molecule has 1 fully saturated rings. The molecule has 1 saturated heterocycles. The maximum atomic E-state index is 11.7. The highest BCUT2D eigenvalue weighted by Crippen LogP contribution is 2.24. The lowest BCUT2D eigenvalue weighted by atomic mass is 9.85. The Morgan fingerprint density at radius 2 is 2.12 bits per heavy atom. The molecule has 1 atom stereocenters. The molecule has 0 aromatic carbocycles. The minimum atomic E-state index is -0.916. The second kappa shape index (κ2) is 5.16. The van der Waals surface area contributed by atoms with Crippen molar-refractivity contribution in [2.75, 3.05) is 6.54 Å². The van der Waals surface area contributed by atoms with Gasteiger partial charge in [0, 0.05) is 19.4 Å². The Morgan fingerprint density at radius 3 is 2.59 bits per heavy atom. The molecule has 2 amide bonds. The Hall–Kier alpha value is -1.59. The van der Waals surface area contributed by atoms with Gasteiger partial charge in [-0.1, -0.05) is 13.8 Å². The zero-order chi connectivity index (χ0) is 13.1. The van der Waals surface area contributed by atoms with E-state index in [1.54, 1.807) is 13.8 Å². The van der Waals surface area contributed by atoms with Crippen molar-refractivity contribution in [3.63, 3.8) is 0 Å². The first-order valence-electron chi connectivity index (χ1n) is 5.56. The van der Waals surface area contributed by atoms with E-state index in [9.17, 15) is 14.4 Å². The number of rotatable bonds is 5. The maximum absolute atomic E-state index is 11.7. The van der Waals surface area contributed by atoms with E-state index in [1.165, 1.54) is 0 Å².